The Kier molecular flexibility index (Phi) is 3.40. The molecule has 0 atom stereocenters. The normalized spacial score (nSPS) is 11.4. The Bertz CT molecular complexity index is 770. The highest BCUT2D eigenvalue weighted by molar-refractivity contribution is 9.10. The molecule has 0 amide bonds. The molecule has 2 heterocycles. The van der Waals surface area contributed by atoms with Gasteiger partial charge in [0.2, 0.25) is 0 Å². The summed E-state index contributed by atoms with van der Waals surface area (Å²) in [7, 11) is 6.06. The Labute approximate surface area is 126 Å². The second-order valence-corrected chi connectivity index (χ2v) is 5.68. The Balaban J connectivity index is 2.26. The van der Waals surface area contributed by atoms with Gasteiger partial charge in [0.05, 0.1) is 12.2 Å². The lowest BCUT2D eigenvalue weighted by Gasteiger charge is -2.05. The fourth-order valence-electron chi connectivity index (χ4n) is 2.65. The van der Waals surface area contributed by atoms with Gasteiger partial charge in [-0.2, -0.15) is 0 Å². The largest absolute Gasteiger partial charge is 0.350 e. The zero-order chi connectivity index (χ0) is 14.3. The molecule has 0 fully saturated rings. The van der Waals surface area contributed by atoms with E-state index in [1.54, 1.807) is 0 Å². The lowest BCUT2D eigenvalue weighted by Crippen LogP contribution is -2.10. The average Bonchev–Trinajstić information content (AvgIpc) is 2.90. The molecule has 0 saturated heterocycles. The van der Waals surface area contributed by atoms with Gasteiger partial charge in [-0.05, 0) is 29.0 Å². The van der Waals surface area contributed by atoms with Crippen molar-refractivity contribution in [2.45, 2.75) is 6.54 Å². The van der Waals surface area contributed by atoms with Crippen molar-refractivity contribution in [2.24, 2.45) is 14.1 Å². The Hall–Kier alpha value is -1.59. The van der Waals surface area contributed by atoms with Crippen molar-refractivity contribution in [3.8, 4) is 11.3 Å². The van der Waals surface area contributed by atoms with E-state index in [0.717, 1.165) is 22.7 Å². The minimum atomic E-state index is 0.750. The van der Waals surface area contributed by atoms with E-state index in [1.807, 2.05) is 7.05 Å². The van der Waals surface area contributed by atoms with Crippen LogP contribution in [0.1, 0.15) is 5.82 Å². The number of aryl methyl sites for hydroxylation is 1. The number of rotatable bonds is 3. The van der Waals surface area contributed by atoms with Crippen LogP contribution in [0.5, 0.6) is 0 Å². The zero-order valence-corrected chi connectivity index (χ0v) is 13.4. The third-order valence-corrected chi connectivity index (χ3v) is 4.19. The number of hydrogen-bond acceptors (Lipinski definition) is 2. The van der Waals surface area contributed by atoms with Crippen LogP contribution in [0.3, 0.4) is 0 Å². The fraction of sp³-hybridized carbons (Fsp3) is 0.267. The van der Waals surface area contributed by atoms with Crippen molar-refractivity contribution in [2.75, 3.05) is 7.05 Å². The van der Waals surface area contributed by atoms with Crippen molar-refractivity contribution in [1.82, 2.24) is 19.4 Å². The van der Waals surface area contributed by atoms with Crippen LogP contribution in [-0.2, 0) is 20.6 Å². The second kappa shape index (κ2) is 5.07. The molecule has 0 unspecified atom stereocenters. The lowest BCUT2D eigenvalue weighted by atomic mass is 10.1. The molecule has 0 bridgehead atoms. The summed E-state index contributed by atoms with van der Waals surface area (Å²) in [6.07, 6.45) is 2.16. The first kappa shape index (κ1) is 13.4. The van der Waals surface area contributed by atoms with Gasteiger partial charge in [-0.3, -0.25) is 0 Å². The molecule has 0 spiro atoms. The molecule has 104 valence electrons. The van der Waals surface area contributed by atoms with E-state index < -0.39 is 0 Å². The number of hydrogen-bond donors (Lipinski definition) is 1. The fourth-order valence-corrected chi connectivity index (χ4v) is 3.33. The number of benzene rings is 1. The van der Waals surface area contributed by atoms with Gasteiger partial charge in [-0.1, -0.05) is 18.2 Å². The predicted octanol–water partition coefficient (Wildman–Crippen LogP) is 3.06. The standard InChI is InChI=1S/C15H17BrN4/c1-17-8-13-18-15(16)14(20(13)3)11-9-19(2)12-7-5-4-6-10(11)12/h4-7,9,17H,8H2,1-3H3. The summed E-state index contributed by atoms with van der Waals surface area (Å²) in [4.78, 5) is 4.60. The smallest absolute Gasteiger partial charge is 0.132 e. The van der Waals surface area contributed by atoms with Crippen LogP contribution in [-0.4, -0.2) is 21.2 Å². The van der Waals surface area contributed by atoms with Gasteiger partial charge < -0.3 is 14.5 Å². The molecule has 1 aromatic carbocycles. The van der Waals surface area contributed by atoms with Crippen LogP contribution in [0.25, 0.3) is 22.2 Å². The van der Waals surface area contributed by atoms with E-state index in [-0.39, 0.29) is 0 Å². The van der Waals surface area contributed by atoms with E-state index in [1.165, 1.54) is 16.5 Å². The maximum atomic E-state index is 4.60. The molecule has 0 aliphatic heterocycles. The van der Waals surface area contributed by atoms with Crippen molar-refractivity contribution < 1.29 is 0 Å². The van der Waals surface area contributed by atoms with Gasteiger partial charge in [-0.25, -0.2) is 4.98 Å². The maximum Gasteiger partial charge on any atom is 0.132 e. The molecule has 5 heteroatoms. The summed E-state index contributed by atoms with van der Waals surface area (Å²) in [6.45, 7) is 0.750. The molecule has 3 aromatic rings. The van der Waals surface area contributed by atoms with Crippen molar-refractivity contribution in [3.05, 3.63) is 40.9 Å². The number of para-hydroxylation sites is 1. The number of halogens is 1. The van der Waals surface area contributed by atoms with Gasteiger partial charge in [0.1, 0.15) is 10.4 Å². The minimum Gasteiger partial charge on any atom is -0.350 e. The summed E-state index contributed by atoms with van der Waals surface area (Å²) in [5.74, 6) is 1.02. The summed E-state index contributed by atoms with van der Waals surface area (Å²) >= 11 is 3.60. The Morgan fingerprint density at radius 3 is 2.75 bits per heavy atom. The van der Waals surface area contributed by atoms with Crippen LogP contribution < -0.4 is 5.32 Å². The van der Waals surface area contributed by atoms with E-state index in [0.29, 0.717) is 0 Å². The summed E-state index contributed by atoms with van der Waals surface area (Å²) in [5, 5.41) is 4.39. The molecule has 0 aliphatic rings. The predicted molar refractivity (Wildman–Crippen MR) is 85.6 cm³/mol. The first-order chi connectivity index (χ1) is 9.63. The van der Waals surface area contributed by atoms with Crippen LogP contribution in [0.15, 0.2) is 35.1 Å². The molecule has 2 aromatic heterocycles. The molecular weight excluding hydrogens is 316 g/mol. The van der Waals surface area contributed by atoms with E-state index in [9.17, 15) is 0 Å². The third-order valence-electron chi connectivity index (χ3n) is 3.63. The van der Waals surface area contributed by atoms with Crippen molar-refractivity contribution in [1.29, 1.82) is 0 Å². The number of fused-ring (bicyclic) bond motifs is 1. The topological polar surface area (TPSA) is 34.8 Å². The molecule has 0 aliphatic carbocycles. The molecule has 20 heavy (non-hydrogen) atoms. The summed E-state index contributed by atoms with van der Waals surface area (Å²) in [6, 6.07) is 8.43. The Morgan fingerprint density at radius 1 is 1.25 bits per heavy atom. The van der Waals surface area contributed by atoms with Gasteiger partial charge >= 0.3 is 0 Å². The highest BCUT2D eigenvalue weighted by atomic mass is 79.9. The molecule has 3 rings (SSSR count). The monoisotopic (exact) mass is 332 g/mol. The van der Waals surface area contributed by atoms with Crippen LogP contribution in [0, 0.1) is 0 Å². The molecule has 0 saturated carbocycles. The second-order valence-electron chi connectivity index (χ2n) is 4.93. The van der Waals surface area contributed by atoms with Crippen LogP contribution >= 0.6 is 15.9 Å². The quantitative estimate of drug-likeness (QED) is 0.799. The Morgan fingerprint density at radius 2 is 2.00 bits per heavy atom. The minimum absolute atomic E-state index is 0.750. The third kappa shape index (κ3) is 1.98. The van der Waals surface area contributed by atoms with Crippen LogP contribution in [0.4, 0.5) is 0 Å². The first-order valence-electron chi connectivity index (χ1n) is 6.53. The number of aromatic nitrogens is 3. The highest BCUT2D eigenvalue weighted by Gasteiger charge is 2.18. The number of nitrogens with zero attached hydrogens (tertiary/aromatic N) is 3. The zero-order valence-electron chi connectivity index (χ0n) is 11.8. The lowest BCUT2D eigenvalue weighted by molar-refractivity contribution is 0.712. The number of imidazole rings is 1. The number of nitrogens with one attached hydrogen (secondary N) is 1. The summed E-state index contributed by atoms with van der Waals surface area (Å²) in [5.41, 5.74) is 3.55. The van der Waals surface area contributed by atoms with Crippen molar-refractivity contribution >= 4 is 26.8 Å². The highest BCUT2D eigenvalue weighted by Crippen LogP contribution is 2.34. The van der Waals surface area contributed by atoms with E-state index >= 15 is 0 Å². The molecular formula is C15H17BrN4. The van der Waals surface area contributed by atoms with Gasteiger partial charge in [0.15, 0.2) is 0 Å². The SMILES string of the molecule is CNCc1nc(Br)c(-c2cn(C)c3ccccc23)n1C. The van der Waals surface area contributed by atoms with Gasteiger partial charge in [0.25, 0.3) is 0 Å². The van der Waals surface area contributed by atoms with E-state index in [4.69, 9.17) is 0 Å². The molecule has 1 N–H and O–H groups in total. The summed E-state index contributed by atoms with van der Waals surface area (Å²) < 4.78 is 5.19. The van der Waals surface area contributed by atoms with Gasteiger partial charge in [0, 0.05) is 36.8 Å². The van der Waals surface area contributed by atoms with E-state index in [2.05, 4.69) is 79.9 Å². The van der Waals surface area contributed by atoms with Crippen molar-refractivity contribution in [3.63, 3.8) is 0 Å². The maximum absolute atomic E-state index is 4.60. The van der Waals surface area contributed by atoms with Crippen LogP contribution in [0.2, 0.25) is 0 Å². The first-order valence-corrected chi connectivity index (χ1v) is 7.33. The average molecular weight is 333 g/mol. The molecule has 0 radical (unpaired) electrons. The molecule has 4 nitrogen and oxygen atoms in total. The van der Waals surface area contributed by atoms with Gasteiger partial charge in [-0.15, -0.1) is 0 Å².